The summed E-state index contributed by atoms with van der Waals surface area (Å²) in [5.74, 6) is 0.690. The quantitative estimate of drug-likeness (QED) is 0.427. The maximum Gasteiger partial charge on any atom is 0.251 e. The molecular weight excluding hydrogens is 406 g/mol. The van der Waals surface area contributed by atoms with Gasteiger partial charge < -0.3 is 9.88 Å². The number of amides is 1. The van der Waals surface area contributed by atoms with Crippen LogP contribution in [0.3, 0.4) is 0 Å². The first-order chi connectivity index (χ1) is 14.8. The minimum Gasteiger partial charge on any atom is -0.345 e. The summed E-state index contributed by atoms with van der Waals surface area (Å²) in [5, 5.41) is 3.62. The summed E-state index contributed by atoms with van der Waals surface area (Å²) in [5.41, 5.74) is 9.07. The zero-order valence-electron chi connectivity index (χ0n) is 18.3. The van der Waals surface area contributed by atoms with Crippen LogP contribution >= 0.6 is 11.6 Å². The predicted molar refractivity (Wildman–Crippen MR) is 127 cm³/mol. The molecule has 1 N–H and O–H groups in total. The lowest BCUT2D eigenvalue weighted by Gasteiger charge is -2.18. The van der Waals surface area contributed by atoms with Crippen molar-refractivity contribution >= 4 is 28.5 Å². The molecule has 0 radical (unpaired) electrons. The monoisotopic (exact) mass is 431 g/mol. The maximum absolute atomic E-state index is 12.6. The second-order valence-corrected chi connectivity index (χ2v) is 8.47. The van der Waals surface area contributed by atoms with Crippen LogP contribution in [0.1, 0.15) is 44.0 Å². The van der Waals surface area contributed by atoms with Gasteiger partial charge in [0.1, 0.15) is 5.82 Å². The molecule has 0 saturated heterocycles. The van der Waals surface area contributed by atoms with Crippen LogP contribution in [-0.4, -0.2) is 15.5 Å². The summed E-state index contributed by atoms with van der Waals surface area (Å²) in [6.07, 6.45) is 0. The molecule has 31 heavy (non-hydrogen) atoms. The van der Waals surface area contributed by atoms with Gasteiger partial charge in [-0.1, -0.05) is 29.8 Å². The third kappa shape index (κ3) is 4.21. The van der Waals surface area contributed by atoms with Crippen molar-refractivity contribution in [1.29, 1.82) is 0 Å². The summed E-state index contributed by atoms with van der Waals surface area (Å²) in [6.45, 7) is 9.73. The Hall–Kier alpha value is -3.11. The third-order valence-corrected chi connectivity index (χ3v) is 6.34. The van der Waals surface area contributed by atoms with E-state index < -0.39 is 0 Å². The minimum absolute atomic E-state index is 0.144. The van der Waals surface area contributed by atoms with Gasteiger partial charge in [0.15, 0.2) is 0 Å². The molecular formula is C26H26ClN3O. The Balaban J connectivity index is 1.69. The second-order valence-electron chi connectivity index (χ2n) is 8.03. The molecule has 1 amide bonds. The van der Waals surface area contributed by atoms with Crippen molar-refractivity contribution in [3.8, 4) is 0 Å². The fraction of sp³-hybridized carbons (Fsp3) is 0.231. The number of para-hydroxylation sites is 2. The van der Waals surface area contributed by atoms with E-state index in [1.165, 1.54) is 27.8 Å². The lowest BCUT2D eigenvalue weighted by atomic mass is 9.94. The molecule has 1 aromatic heterocycles. The first-order valence-electron chi connectivity index (χ1n) is 10.4. The number of fused-ring (bicyclic) bond motifs is 1. The average molecular weight is 432 g/mol. The molecule has 0 bridgehead atoms. The number of carbonyl (C=O) groups is 1. The van der Waals surface area contributed by atoms with Crippen LogP contribution in [0.4, 0.5) is 0 Å². The van der Waals surface area contributed by atoms with Gasteiger partial charge in [-0.2, -0.15) is 0 Å². The molecule has 0 saturated carbocycles. The number of hydrogen-bond donors (Lipinski definition) is 1. The largest absolute Gasteiger partial charge is 0.345 e. The molecule has 0 fully saturated rings. The number of benzene rings is 3. The molecule has 3 aromatic carbocycles. The first kappa shape index (κ1) is 21.1. The van der Waals surface area contributed by atoms with Crippen molar-refractivity contribution in [2.45, 2.75) is 40.8 Å². The number of imidazole rings is 1. The number of nitrogens with one attached hydrogen (secondary N) is 1. The Labute approximate surface area is 187 Å². The molecule has 0 aliphatic rings. The van der Waals surface area contributed by atoms with Gasteiger partial charge >= 0.3 is 0 Å². The normalized spacial score (nSPS) is 11.1. The Bertz CT molecular complexity index is 1250. The van der Waals surface area contributed by atoms with E-state index in [-0.39, 0.29) is 5.91 Å². The molecule has 0 unspecified atom stereocenters. The fourth-order valence-corrected chi connectivity index (χ4v) is 4.12. The van der Waals surface area contributed by atoms with Gasteiger partial charge in [0.25, 0.3) is 5.91 Å². The zero-order valence-corrected chi connectivity index (χ0v) is 19.0. The standard InChI is InChI=1S/C26H26ClN3O/c1-16-13-17(2)19(4)22(18(16)3)15-30-24-8-6-5-7-23(24)29-25(30)14-28-26(31)20-9-11-21(27)12-10-20/h5-13H,14-15H2,1-4H3,(H,28,31). The molecule has 0 aliphatic heterocycles. The predicted octanol–water partition coefficient (Wildman–Crippen LogP) is 5.90. The summed E-state index contributed by atoms with van der Waals surface area (Å²) in [4.78, 5) is 17.4. The zero-order chi connectivity index (χ0) is 22.1. The van der Waals surface area contributed by atoms with E-state index in [0.29, 0.717) is 23.7 Å². The van der Waals surface area contributed by atoms with Crippen LogP contribution in [-0.2, 0) is 13.1 Å². The van der Waals surface area contributed by atoms with Crippen molar-refractivity contribution < 1.29 is 4.79 Å². The molecule has 1 heterocycles. The van der Waals surface area contributed by atoms with E-state index in [1.54, 1.807) is 24.3 Å². The summed E-state index contributed by atoms with van der Waals surface area (Å²) >= 11 is 5.93. The Kier molecular flexibility index (Phi) is 5.84. The average Bonchev–Trinajstić information content (AvgIpc) is 3.11. The van der Waals surface area contributed by atoms with E-state index >= 15 is 0 Å². The van der Waals surface area contributed by atoms with Crippen LogP contribution in [0.25, 0.3) is 11.0 Å². The van der Waals surface area contributed by atoms with Crippen molar-refractivity contribution in [2.75, 3.05) is 0 Å². The number of aryl methyl sites for hydroxylation is 2. The molecule has 4 nitrogen and oxygen atoms in total. The van der Waals surface area contributed by atoms with Gasteiger partial charge in [-0.25, -0.2) is 4.98 Å². The number of hydrogen-bond acceptors (Lipinski definition) is 2. The topological polar surface area (TPSA) is 46.9 Å². The first-order valence-corrected chi connectivity index (χ1v) is 10.8. The second kappa shape index (κ2) is 8.56. The van der Waals surface area contributed by atoms with Crippen molar-refractivity contribution in [1.82, 2.24) is 14.9 Å². The number of nitrogens with zero attached hydrogens (tertiary/aromatic N) is 2. The van der Waals surface area contributed by atoms with Gasteiger partial charge in [0, 0.05) is 17.1 Å². The minimum atomic E-state index is -0.144. The Morgan fingerprint density at radius 1 is 0.968 bits per heavy atom. The van der Waals surface area contributed by atoms with Gasteiger partial charge in [0.2, 0.25) is 0 Å². The van der Waals surface area contributed by atoms with Crippen LogP contribution in [0.15, 0.2) is 54.6 Å². The smallest absolute Gasteiger partial charge is 0.251 e. The van der Waals surface area contributed by atoms with Gasteiger partial charge in [0.05, 0.1) is 17.6 Å². The molecule has 0 spiro atoms. The maximum atomic E-state index is 12.6. The van der Waals surface area contributed by atoms with Crippen LogP contribution in [0.2, 0.25) is 5.02 Å². The number of carbonyl (C=O) groups excluding carboxylic acids is 1. The molecule has 0 atom stereocenters. The Morgan fingerprint density at radius 3 is 2.29 bits per heavy atom. The number of aromatic nitrogens is 2. The van der Waals surface area contributed by atoms with E-state index in [4.69, 9.17) is 16.6 Å². The lowest BCUT2D eigenvalue weighted by Crippen LogP contribution is -2.25. The fourth-order valence-electron chi connectivity index (χ4n) is 3.99. The molecule has 0 aliphatic carbocycles. The van der Waals surface area contributed by atoms with Crippen LogP contribution < -0.4 is 5.32 Å². The van der Waals surface area contributed by atoms with E-state index in [2.05, 4.69) is 49.7 Å². The Morgan fingerprint density at radius 2 is 1.61 bits per heavy atom. The van der Waals surface area contributed by atoms with E-state index in [1.807, 2.05) is 18.2 Å². The van der Waals surface area contributed by atoms with Gasteiger partial charge in [-0.05, 0) is 91.9 Å². The highest BCUT2D eigenvalue weighted by Crippen LogP contribution is 2.25. The van der Waals surface area contributed by atoms with Crippen molar-refractivity contribution in [3.63, 3.8) is 0 Å². The highest BCUT2D eigenvalue weighted by molar-refractivity contribution is 6.30. The molecule has 4 rings (SSSR count). The highest BCUT2D eigenvalue weighted by atomic mass is 35.5. The molecule has 158 valence electrons. The summed E-state index contributed by atoms with van der Waals surface area (Å²) in [7, 11) is 0. The van der Waals surface area contributed by atoms with Crippen molar-refractivity contribution in [3.05, 3.63) is 98.8 Å². The van der Waals surface area contributed by atoms with E-state index in [9.17, 15) is 4.79 Å². The number of halogens is 1. The van der Waals surface area contributed by atoms with Crippen LogP contribution in [0.5, 0.6) is 0 Å². The van der Waals surface area contributed by atoms with Gasteiger partial charge in [-0.15, -0.1) is 0 Å². The molecule has 4 aromatic rings. The highest BCUT2D eigenvalue weighted by Gasteiger charge is 2.16. The SMILES string of the molecule is Cc1cc(C)c(C)c(Cn2c(CNC(=O)c3ccc(Cl)cc3)nc3ccccc32)c1C. The van der Waals surface area contributed by atoms with Crippen molar-refractivity contribution in [2.24, 2.45) is 0 Å². The summed E-state index contributed by atoms with van der Waals surface area (Å²) < 4.78 is 2.21. The number of rotatable bonds is 5. The molecule has 5 heteroatoms. The van der Waals surface area contributed by atoms with Gasteiger partial charge in [-0.3, -0.25) is 4.79 Å². The van der Waals surface area contributed by atoms with Crippen LogP contribution in [0, 0.1) is 27.7 Å². The lowest BCUT2D eigenvalue weighted by molar-refractivity contribution is 0.0949. The van der Waals surface area contributed by atoms with E-state index in [0.717, 1.165) is 16.9 Å². The third-order valence-electron chi connectivity index (χ3n) is 6.08. The summed E-state index contributed by atoms with van der Waals surface area (Å²) in [6, 6.07) is 17.2.